The van der Waals surface area contributed by atoms with Crippen LogP contribution in [0.1, 0.15) is 38.1 Å². The molecular formula is C16H21FN2O2. The Kier molecular flexibility index (Phi) is 4.32. The van der Waals surface area contributed by atoms with Crippen molar-refractivity contribution >= 4 is 0 Å². The Morgan fingerprint density at radius 2 is 2.05 bits per heavy atom. The van der Waals surface area contributed by atoms with Gasteiger partial charge < -0.3 is 9.84 Å². The molecule has 21 heavy (non-hydrogen) atoms. The first-order chi connectivity index (χ1) is 9.86. The molecule has 1 unspecified atom stereocenters. The van der Waals surface area contributed by atoms with Gasteiger partial charge in [0.25, 0.3) is 0 Å². The fourth-order valence-corrected chi connectivity index (χ4v) is 2.50. The second-order valence-electron chi connectivity index (χ2n) is 5.64. The van der Waals surface area contributed by atoms with Crippen LogP contribution in [0.4, 0.5) is 4.39 Å². The molecule has 114 valence electrons. The van der Waals surface area contributed by atoms with E-state index >= 15 is 0 Å². The Labute approximate surface area is 124 Å². The maximum Gasteiger partial charge on any atom is 0.162 e. The minimum atomic E-state index is -1.28. The van der Waals surface area contributed by atoms with Crippen molar-refractivity contribution < 1.29 is 14.2 Å². The van der Waals surface area contributed by atoms with Crippen LogP contribution in [0.2, 0.25) is 0 Å². The molecule has 0 aliphatic carbocycles. The van der Waals surface area contributed by atoms with E-state index in [1.54, 1.807) is 36.0 Å². The van der Waals surface area contributed by atoms with Gasteiger partial charge in [0.1, 0.15) is 17.1 Å². The lowest BCUT2D eigenvalue weighted by Crippen LogP contribution is -2.29. The van der Waals surface area contributed by atoms with Crippen LogP contribution in [0.5, 0.6) is 5.75 Å². The van der Waals surface area contributed by atoms with Crippen molar-refractivity contribution in [3.05, 3.63) is 47.5 Å². The molecule has 0 amide bonds. The molecule has 0 aliphatic rings. The summed E-state index contributed by atoms with van der Waals surface area (Å²) in [7, 11) is 1.53. The van der Waals surface area contributed by atoms with E-state index in [2.05, 4.69) is 5.10 Å². The first-order valence-electron chi connectivity index (χ1n) is 6.94. The maximum atomic E-state index is 13.8. The van der Waals surface area contributed by atoms with Gasteiger partial charge in [-0.3, -0.25) is 4.68 Å². The Hall–Kier alpha value is -1.88. The number of ether oxygens (including phenoxy) is 1. The van der Waals surface area contributed by atoms with Crippen LogP contribution in [0, 0.1) is 5.82 Å². The molecule has 2 aromatic rings. The number of aromatic nitrogens is 2. The predicted octanol–water partition coefficient (Wildman–Crippen LogP) is 3.06. The molecule has 0 radical (unpaired) electrons. The van der Waals surface area contributed by atoms with Crippen LogP contribution >= 0.6 is 0 Å². The van der Waals surface area contributed by atoms with Crippen molar-refractivity contribution in [2.24, 2.45) is 0 Å². The number of rotatable bonds is 5. The van der Waals surface area contributed by atoms with Crippen molar-refractivity contribution in [3.63, 3.8) is 0 Å². The summed E-state index contributed by atoms with van der Waals surface area (Å²) < 4.78 is 20.8. The second-order valence-corrected chi connectivity index (χ2v) is 5.64. The van der Waals surface area contributed by atoms with Crippen LogP contribution in [-0.2, 0) is 12.0 Å². The number of halogens is 1. The van der Waals surface area contributed by atoms with Crippen LogP contribution < -0.4 is 4.74 Å². The summed E-state index contributed by atoms with van der Waals surface area (Å²) in [6.45, 7) is 5.59. The second kappa shape index (κ2) is 5.85. The van der Waals surface area contributed by atoms with E-state index in [9.17, 15) is 9.50 Å². The van der Waals surface area contributed by atoms with Gasteiger partial charge in [-0.25, -0.2) is 4.39 Å². The van der Waals surface area contributed by atoms with E-state index in [1.165, 1.54) is 13.2 Å². The van der Waals surface area contributed by atoms with E-state index in [-0.39, 0.29) is 18.3 Å². The Morgan fingerprint density at radius 3 is 2.62 bits per heavy atom. The third kappa shape index (κ3) is 3.08. The normalized spacial score (nSPS) is 14.2. The molecule has 4 nitrogen and oxygen atoms in total. The van der Waals surface area contributed by atoms with Gasteiger partial charge in [0.2, 0.25) is 0 Å². The molecule has 1 heterocycles. The van der Waals surface area contributed by atoms with E-state index in [4.69, 9.17) is 4.74 Å². The fourth-order valence-electron chi connectivity index (χ4n) is 2.50. The number of nitrogens with zero attached hydrogens (tertiary/aromatic N) is 2. The topological polar surface area (TPSA) is 47.3 Å². The molecule has 0 fully saturated rings. The summed E-state index contributed by atoms with van der Waals surface area (Å²) in [4.78, 5) is 0. The van der Waals surface area contributed by atoms with Crippen molar-refractivity contribution in [1.82, 2.24) is 9.78 Å². The van der Waals surface area contributed by atoms with E-state index < -0.39 is 5.60 Å². The monoisotopic (exact) mass is 292 g/mol. The highest BCUT2D eigenvalue weighted by atomic mass is 19.1. The first-order valence-corrected chi connectivity index (χ1v) is 6.94. The number of aliphatic hydroxyl groups is 1. The third-order valence-corrected chi connectivity index (χ3v) is 3.47. The number of methoxy groups -OCH3 is 1. The van der Waals surface area contributed by atoms with Crippen molar-refractivity contribution in [2.75, 3.05) is 7.11 Å². The minimum Gasteiger partial charge on any atom is -0.493 e. The molecule has 1 N–H and O–H groups in total. The van der Waals surface area contributed by atoms with Gasteiger partial charge in [-0.15, -0.1) is 0 Å². The zero-order valence-corrected chi connectivity index (χ0v) is 12.8. The van der Waals surface area contributed by atoms with Crippen molar-refractivity contribution in [3.8, 4) is 5.75 Å². The minimum absolute atomic E-state index is 0.0657. The van der Waals surface area contributed by atoms with Gasteiger partial charge in [0.15, 0.2) is 5.75 Å². The first kappa shape index (κ1) is 15.5. The summed E-state index contributed by atoms with van der Waals surface area (Å²) in [6, 6.07) is 6.52. The zero-order valence-electron chi connectivity index (χ0n) is 12.8. The molecule has 1 aromatic carbocycles. The van der Waals surface area contributed by atoms with Gasteiger partial charge in [-0.1, -0.05) is 18.2 Å². The van der Waals surface area contributed by atoms with Crippen LogP contribution in [0.25, 0.3) is 0 Å². The lowest BCUT2D eigenvalue weighted by atomic mass is 9.92. The maximum absolute atomic E-state index is 13.8. The number of hydrogen-bond acceptors (Lipinski definition) is 3. The lowest BCUT2D eigenvalue weighted by molar-refractivity contribution is 0.0431. The Bertz CT molecular complexity index is 620. The van der Waals surface area contributed by atoms with Crippen LogP contribution in [0.3, 0.4) is 0 Å². The molecule has 1 atom stereocenters. The zero-order chi connectivity index (χ0) is 15.6. The Balaban J connectivity index is 2.44. The fraction of sp³-hybridized carbons (Fsp3) is 0.438. The highest BCUT2D eigenvalue weighted by Crippen LogP contribution is 2.34. The highest BCUT2D eigenvalue weighted by molar-refractivity contribution is 5.33. The van der Waals surface area contributed by atoms with Gasteiger partial charge >= 0.3 is 0 Å². The van der Waals surface area contributed by atoms with Crippen molar-refractivity contribution in [2.45, 2.75) is 38.8 Å². The summed E-state index contributed by atoms with van der Waals surface area (Å²) in [5, 5.41) is 15.1. The molecule has 0 spiro atoms. The lowest BCUT2D eigenvalue weighted by Gasteiger charge is -2.27. The molecule has 0 bridgehead atoms. The third-order valence-electron chi connectivity index (χ3n) is 3.47. The highest BCUT2D eigenvalue weighted by Gasteiger charge is 2.33. The molecule has 2 rings (SSSR count). The average Bonchev–Trinajstić information content (AvgIpc) is 2.86. The standard InChI is InChI=1S/C16H21FN2O2/c1-11(2)19-15(14(21-4)10-18-19)16(3,20)9-12-7-5-6-8-13(12)17/h5-8,10-11,20H,9H2,1-4H3. The smallest absolute Gasteiger partial charge is 0.162 e. The van der Waals surface area contributed by atoms with Gasteiger partial charge in [0.05, 0.1) is 13.3 Å². The quantitative estimate of drug-likeness (QED) is 0.921. The van der Waals surface area contributed by atoms with Crippen molar-refractivity contribution in [1.29, 1.82) is 0 Å². The SMILES string of the molecule is COc1cnn(C(C)C)c1C(C)(O)Cc1ccccc1F. The largest absolute Gasteiger partial charge is 0.493 e. The molecule has 0 saturated carbocycles. The molecule has 1 aromatic heterocycles. The van der Waals surface area contributed by atoms with Gasteiger partial charge in [-0.05, 0) is 32.4 Å². The van der Waals surface area contributed by atoms with E-state index in [1.807, 2.05) is 13.8 Å². The number of hydrogen-bond donors (Lipinski definition) is 1. The molecule has 0 aliphatic heterocycles. The summed E-state index contributed by atoms with van der Waals surface area (Å²) in [5.74, 6) is 0.178. The summed E-state index contributed by atoms with van der Waals surface area (Å²) in [6.07, 6.45) is 1.72. The predicted molar refractivity (Wildman–Crippen MR) is 78.8 cm³/mol. The molecule has 0 saturated heterocycles. The molecule has 5 heteroatoms. The average molecular weight is 292 g/mol. The van der Waals surface area contributed by atoms with E-state index in [0.29, 0.717) is 17.0 Å². The van der Waals surface area contributed by atoms with Gasteiger partial charge in [0, 0.05) is 12.5 Å². The van der Waals surface area contributed by atoms with E-state index in [0.717, 1.165) is 0 Å². The Morgan fingerprint density at radius 1 is 1.38 bits per heavy atom. The number of benzene rings is 1. The summed E-state index contributed by atoms with van der Waals surface area (Å²) in [5.41, 5.74) is -0.266. The summed E-state index contributed by atoms with van der Waals surface area (Å²) >= 11 is 0. The van der Waals surface area contributed by atoms with Crippen LogP contribution in [-0.4, -0.2) is 22.0 Å². The van der Waals surface area contributed by atoms with Gasteiger partial charge in [-0.2, -0.15) is 5.10 Å². The molecular weight excluding hydrogens is 271 g/mol. The van der Waals surface area contributed by atoms with Crippen LogP contribution in [0.15, 0.2) is 30.5 Å².